The van der Waals surface area contributed by atoms with E-state index >= 15 is 0 Å². The Labute approximate surface area is 150 Å². The van der Waals surface area contributed by atoms with Crippen molar-refractivity contribution in [3.8, 4) is 0 Å². The maximum Gasteiger partial charge on any atom is 0.253 e. The number of amides is 2. The zero-order valence-corrected chi connectivity index (χ0v) is 15.5. The third-order valence-corrected chi connectivity index (χ3v) is 4.98. The van der Waals surface area contributed by atoms with Gasteiger partial charge in [-0.05, 0) is 48.9 Å². The van der Waals surface area contributed by atoms with Crippen molar-refractivity contribution in [2.75, 3.05) is 19.6 Å². The SMILES string of the molecule is CC(C)(C)CNC(=O)c1ccc(C(=O)N2CCC3CCC(C2)N3)cc1. The van der Waals surface area contributed by atoms with E-state index in [0.717, 1.165) is 25.9 Å². The molecule has 2 N–H and O–H groups in total. The number of nitrogens with zero attached hydrogens (tertiary/aromatic N) is 1. The van der Waals surface area contributed by atoms with E-state index in [9.17, 15) is 9.59 Å². The third-order valence-electron chi connectivity index (χ3n) is 4.98. The Kier molecular flexibility index (Phi) is 5.13. The molecule has 2 unspecified atom stereocenters. The molecule has 0 saturated carbocycles. The summed E-state index contributed by atoms with van der Waals surface area (Å²) in [4.78, 5) is 26.9. The molecule has 0 radical (unpaired) electrons. The molecular weight excluding hydrogens is 314 g/mol. The Hall–Kier alpha value is -1.88. The van der Waals surface area contributed by atoms with Crippen LogP contribution in [-0.2, 0) is 0 Å². The van der Waals surface area contributed by atoms with Crippen molar-refractivity contribution in [3.63, 3.8) is 0 Å². The van der Waals surface area contributed by atoms with Crippen molar-refractivity contribution >= 4 is 11.8 Å². The molecule has 1 aromatic carbocycles. The van der Waals surface area contributed by atoms with E-state index in [1.165, 1.54) is 6.42 Å². The molecule has 2 amide bonds. The Morgan fingerprint density at radius 3 is 2.40 bits per heavy atom. The lowest BCUT2D eigenvalue weighted by Gasteiger charge is -2.24. The van der Waals surface area contributed by atoms with Crippen LogP contribution in [0.1, 0.15) is 60.7 Å². The van der Waals surface area contributed by atoms with Gasteiger partial charge in [0.2, 0.25) is 0 Å². The van der Waals surface area contributed by atoms with Crippen molar-refractivity contribution < 1.29 is 9.59 Å². The molecule has 25 heavy (non-hydrogen) atoms. The quantitative estimate of drug-likeness (QED) is 0.886. The van der Waals surface area contributed by atoms with Crippen molar-refractivity contribution in [1.29, 1.82) is 0 Å². The largest absolute Gasteiger partial charge is 0.352 e. The monoisotopic (exact) mass is 343 g/mol. The van der Waals surface area contributed by atoms with Gasteiger partial charge in [-0.25, -0.2) is 0 Å². The van der Waals surface area contributed by atoms with Crippen LogP contribution >= 0.6 is 0 Å². The summed E-state index contributed by atoms with van der Waals surface area (Å²) in [6.07, 6.45) is 3.40. The average Bonchev–Trinajstić information content (AvgIpc) is 2.90. The van der Waals surface area contributed by atoms with E-state index in [1.807, 2.05) is 4.90 Å². The molecule has 5 nitrogen and oxygen atoms in total. The minimum absolute atomic E-state index is 0.0474. The van der Waals surface area contributed by atoms with Gasteiger partial charge in [0.05, 0.1) is 0 Å². The highest BCUT2D eigenvalue weighted by Crippen LogP contribution is 2.21. The first-order valence-corrected chi connectivity index (χ1v) is 9.25. The van der Waals surface area contributed by atoms with E-state index in [4.69, 9.17) is 0 Å². The van der Waals surface area contributed by atoms with Gasteiger partial charge in [0.1, 0.15) is 0 Å². The van der Waals surface area contributed by atoms with Gasteiger partial charge in [-0.3, -0.25) is 9.59 Å². The number of carbonyl (C=O) groups excluding carboxylic acids is 2. The first-order valence-electron chi connectivity index (χ1n) is 9.25. The molecule has 2 heterocycles. The van der Waals surface area contributed by atoms with Gasteiger partial charge in [-0.2, -0.15) is 0 Å². The third kappa shape index (κ3) is 4.60. The minimum Gasteiger partial charge on any atom is -0.352 e. The van der Waals surface area contributed by atoms with Gasteiger partial charge in [0.15, 0.2) is 0 Å². The van der Waals surface area contributed by atoms with Gasteiger partial charge in [-0.1, -0.05) is 20.8 Å². The van der Waals surface area contributed by atoms with Gasteiger partial charge < -0.3 is 15.5 Å². The molecule has 1 aromatic rings. The average molecular weight is 343 g/mol. The highest BCUT2D eigenvalue weighted by atomic mass is 16.2. The second-order valence-corrected chi connectivity index (χ2v) is 8.50. The highest BCUT2D eigenvalue weighted by molar-refractivity contribution is 5.97. The smallest absolute Gasteiger partial charge is 0.253 e. The number of hydrogen-bond donors (Lipinski definition) is 2. The molecule has 3 rings (SSSR count). The van der Waals surface area contributed by atoms with E-state index in [-0.39, 0.29) is 17.2 Å². The molecule has 0 aliphatic carbocycles. The summed E-state index contributed by atoms with van der Waals surface area (Å²) in [6.45, 7) is 8.45. The zero-order valence-electron chi connectivity index (χ0n) is 15.5. The number of hydrogen-bond acceptors (Lipinski definition) is 3. The fourth-order valence-electron chi connectivity index (χ4n) is 3.52. The van der Waals surface area contributed by atoms with Gasteiger partial charge in [0.25, 0.3) is 11.8 Å². The van der Waals surface area contributed by atoms with Gasteiger partial charge in [0, 0.05) is 42.8 Å². The normalized spacial score (nSPS) is 23.2. The molecule has 5 heteroatoms. The lowest BCUT2D eigenvalue weighted by molar-refractivity contribution is 0.0747. The van der Waals surface area contributed by atoms with Crippen LogP contribution in [0, 0.1) is 5.41 Å². The Balaban J connectivity index is 1.61. The lowest BCUT2D eigenvalue weighted by Crippen LogP contribution is -2.39. The summed E-state index contributed by atoms with van der Waals surface area (Å²) < 4.78 is 0. The van der Waals surface area contributed by atoms with Crippen LogP contribution in [0.3, 0.4) is 0 Å². The summed E-state index contributed by atoms with van der Waals surface area (Å²) in [6, 6.07) is 8.02. The number of benzene rings is 1. The maximum absolute atomic E-state index is 12.8. The Morgan fingerprint density at radius 1 is 1.08 bits per heavy atom. The number of fused-ring (bicyclic) bond motifs is 2. The highest BCUT2D eigenvalue weighted by Gasteiger charge is 2.31. The summed E-state index contributed by atoms with van der Waals surface area (Å²) in [5, 5.41) is 6.53. The standard InChI is InChI=1S/C20H29N3O2/c1-20(2,3)13-21-18(24)14-4-6-15(7-5-14)19(25)23-11-10-16-8-9-17(12-23)22-16/h4-7,16-17,22H,8-13H2,1-3H3,(H,21,24). The molecule has 2 atom stereocenters. The summed E-state index contributed by atoms with van der Waals surface area (Å²) >= 11 is 0. The van der Waals surface area contributed by atoms with Crippen LogP contribution in [0.4, 0.5) is 0 Å². The molecule has 2 saturated heterocycles. The van der Waals surface area contributed by atoms with E-state index in [0.29, 0.717) is 29.8 Å². The fraction of sp³-hybridized carbons (Fsp3) is 0.600. The summed E-state index contributed by atoms with van der Waals surface area (Å²) in [7, 11) is 0. The van der Waals surface area contributed by atoms with Crippen LogP contribution in [-0.4, -0.2) is 48.4 Å². The molecule has 136 valence electrons. The predicted molar refractivity (Wildman–Crippen MR) is 98.7 cm³/mol. The number of carbonyl (C=O) groups is 2. The Bertz CT molecular complexity index is 633. The molecular formula is C20H29N3O2. The summed E-state index contributed by atoms with van der Waals surface area (Å²) in [5.41, 5.74) is 1.30. The van der Waals surface area contributed by atoms with E-state index < -0.39 is 0 Å². The van der Waals surface area contributed by atoms with E-state index in [1.54, 1.807) is 24.3 Å². The number of likely N-dealkylation sites (tertiary alicyclic amines) is 1. The van der Waals surface area contributed by atoms with Crippen LogP contribution in [0.2, 0.25) is 0 Å². The second kappa shape index (κ2) is 7.16. The van der Waals surface area contributed by atoms with Crippen molar-refractivity contribution in [3.05, 3.63) is 35.4 Å². The van der Waals surface area contributed by atoms with Crippen molar-refractivity contribution in [1.82, 2.24) is 15.5 Å². The van der Waals surface area contributed by atoms with Gasteiger partial charge in [-0.15, -0.1) is 0 Å². The van der Waals surface area contributed by atoms with E-state index in [2.05, 4.69) is 31.4 Å². The second-order valence-electron chi connectivity index (χ2n) is 8.50. The van der Waals surface area contributed by atoms with Crippen molar-refractivity contribution in [2.45, 2.75) is 52.1 Å². The van der Waals surface area contributed by atoms with Gasteiger partial charge >= 0.3 is 0 Å². The maximum atomic E-state index is 12.8. The zero-order chi connectivity index (χ0) is 18.0. The molecule has 2 bridgehead atoms. The molecule has 2 aliphatic rings. The first kappa shape index (κ1) is 17.9. The molecule has 0 spiro atoms. The fourth-order valence-corrected chi connectivity index (χ4v) is 3.52. The Morgan fingerprint density at radius 2 is 1.72 bits per heavy atom. The van der Waals surface area contributed by atoms with Crippen LogP contribution in [0.5, 0.6) is 0 Å². The number of nitrogens with one attached hydrogen (secondary N) is 2. The number of rotatable bonds is 3. The molecule has 2 aliphatic heterocycles. The molecule has 2 fully saturated rings. The topological polar surface area (TPSA) is 61.4 Å². The summed E-state index contributed by atoms with van der Waals surface area (Å²) in [5.74, 6) is -0.0267. The minimum atomic E-state index is -0.0924. The van der Waals surface area contributed by atoms with Crippen LogP contribution in [0.25, 0.3) is 0 Å². The predicted octanol–water partition coefficient (Wildman–Crippen LogP) is 2.43. The van der Waals surface area contributed by atoms with Crippen molar-refractivity contribution in [2.24, 2.45) is 5.41 Å². The van der Waals surface area contributed by atoms with Crippen LogP contribution < -0.4 is 10.6 Å². The first-order chi connectivity index (χ1) is 11.8. The molecule has 0 aromatic heterocycles. The van der Waals surface area contributed by atoms with Crippen LogP contribution in [0.15, 0.2) is 24.3 Å². The lowest BCUT2D eigenvalue weighted by atomic mass is 9.97.